The summed E-state index contributed by atoms with van der Waals surface area (Å²) in [7, 11) is 0. The molecule has 1 atom stereocenters. The Bertz CT molecular complexity index is 422. The standard InChI is InChI=1S/C16H28N4O3.2ClH/c21-15(13-18-8-10-23-11-9-18)19-4-6-20(7-5-19)16(22)14-2-1-3-17-12-14;;/h14,17H,1-13H2;2*1H. The summed E-state index contributed by atoms with van der Waals surface area (Å²) in [5.74, 6) is 0.565. The zero-order chi connectivity index (χ0) is 16.1. The maximum atomic E-state index is 12.5. The van der Waals surface area contributed by atoms with E-state index in [0.29, 0.717) is 45.9 Å². The largest absolute Gasteiger partial charge is 0.379 e. The minimum Gasteiger partial charge on any atom is -0.379 e. The second kappa shape index (κ2) is 11.2. The monoisotopic (exact) mass is 396 g/mol. The van der Waals surface area contributed by atoms with Gasteiger partial charge in [-0.2, -0.15) is 0 Å². The fraction of sp³-hybridized carbons (Fsp3) is 0.875. The molecule has 0 aliphatic carbocycles. The number of morpholine rings is 1. The van der Waals surface area contributed by atoms with Crippen molar-refractivity contribution in [1.82, 2.24) is 20.0 Å². The van der Waals surface area contributed by atoms with Gasteiger partial charge < -0.3 is 19.9 Å². The molecule has 3 rings (SSSR count). The van der Waals surface area contributed by atoms with E-state index in [-0.39, 0.29) is 42.5 Å². The van der Waals surface area contributed by atoms with Gasteiger partial charge >= 0.3 is 0 Å². The summed E-state index contributed by atoms with van der Waals surface area (Å²) in [6.07, 6.45) is 2.07. The SMILES string of the molecule is Cl.Cl.O=C(CN1CCOCC1)N1CCN(C(=O)C2CCCNC2)CC1. The van der Waals surface area contributed by atoms with Gasteiger partial charge in [-0.1, -0.05) is 0 Å². The van der Waals surface area contributed by atoms with Crippen molar-refractivity contribution < 1.29 is 14.3 Å². The maximum Gasteiger partial charge on any atom is 0.236 e. The zero-order valence-corrected chi connectivity index (χ0v) is 16.3. The van der Waals surface area contributed by atoms with E-state index in [4.69, 9.17) is 4.74 Å². The van der Waals surface area contributed by atoms with E-state index in [1.807, 2.05) is 9.80 Å². The molecule has 3 fully saturated rings. The fourth-order valence-electron chi connectivity index (χ4n) is 3.55. The molecule has 1 N–H and O–H groups in total. The van der Waals surface area contributed by atoms with Crippen LogP contribution in [0.15, 0.2) is 0 Å². The molecule has 3 aliphatic heterocycles. The van der Waals surface area contributed by atoms with E-state index in [2.05, 4.69) is 10.2 Å². The van der Waals surface area contributed by atoms with Crippen molar-refractivity contribution in [2.24, 2.45) is 5.92 Å². The minimum absolute atomic E-state index is 0. The molecule has 0 aromatic heterocycles. The Hall–Kier alpha value is -0.600. The number of carbonyl (C=O) groups excluding carboxylic acids is 2. The first-order chi connectivity index (χ1) is 11.2. The fourth-order valence-corrected chi connectivity index (χ4v) is 3.55. The second-order valence-corrected chi connectivity index (χ2v) is 6.64. The van der Waals surface area contributed by atoms with Crippen LogP contribution in [0.2, 0.25) is 0 Å². The highest BCUT2D eigenvalue weighted by Crippen LogP contribution is 2.15. The van der Waals surface area contributed by atoms with Crippen molar-refractivity contribution in [1.29, 1.82) is 0 Å². The van der Waals surface area contributed by atoms with Gasteiger partial charge in [0.2, 0.25) is 11.8 Å². The van der Waals surface area contributed by atoms with E-state index < -0.39 is 0 Å². The number of halogens is 2. The quantitative estimate of drug-likeness (QED) is 0.717. The molecule has 2 amide bonds. The van der Waals surface area contributed by atoms with Crippen LogP contribution in [0.25, 0.3) is 0 Å². The summed E-state index contributed by atoms with van der Waals surface area (Å²) < 4.78 is 5.31. The molecule has 1 unspecified atom stereocenters. The van der Waals surface area contributed by atoms with Gasteiger partial charge in [0.15, 0.2) is 0 Å². The van der Waals surface area contributed by atoms with Crippen LogP contribution in [0.1, 0.15) is 12.8 Å². The van der Waals surface area contributed by atoms with Crippen LogP contribution in [0.5, 0.6) is 0 Å². The number of amides is 2. The lowest BCUT2D eigenvalue weighted by atomic mass is 9.98. The predicted molar refractivity (Wildman–Crippen MR) is 101 cm³/mol. The number of rotatable bonds is 3. The van der Waals surface area contributed by atoms with Crippen LogP contribution in [0.3, 0.4) is 0 Å². The molecular formula is C16H30Cl2N4O3. The first kappa shape index (κ1) is 22.4. The molecule has 3 heterocycles. The Labute approximate surface area is 162 Å². The van der Waals surface area contributed by atoms with Crippen molar-refractivity contribution in [3.63, 3.8) is 0 Å². The molecule has 0 aromatic carbocycles. The van der Waals surface area contributed by atoms with Crippen LogP contribution in [0, 0.1) is 5.92 Å². The number of nitrogens with zero attached hydrogens (tertiary/aromatic N) is 3. The Morgan fingerprint density at radius 3 is 2.20 bits per heavy atom. The summed E-state index contributed by atoms with van der Waals surface area (Å²) in [4.78, 5) is 30.9. The van der Waals surface area contributed by atoms with Crippen LogP contribution in [-0.2, 0) is 14.3 Å². The number of piperidine rings is 1. The molecule has 0 aromatic rings. The van der Waals surface area contributed by atoms with Gasteiger partial charge in [-0.3, -0.25) is 14.5 Å². The Kier molecular flexibility index (Phi) is 10.0. The number of nitrogens with one attached hydrogen (secondary N) is 1. The second-order valence-electron chi connectivity index (χ2n) is 6.64. The topological polar surface area (TPSA) is 65.1 Å². The smallest absolute Gasteiger partial charge is 0.236 e. The summed E-state index contributed by atoms with van der Waals surface area (Å²) >= 11 is 0. The van der Waals surface area contributed by atoms with Crippen molar-refractivity contribution >= 4 is 36.6 Å². The number of carbonyl (C=O) groups is 2. The van der Waals surface area contributed by atoms with Gasteiger partial charge in [-0.15, -0.1) is 24.8 Å². The Balaban J connectivity index is 0.00000156. The molecule has 0 saturated carbocycles. The van der Waals surface area contributed by atoms with Gasteiger partial charge in [0.1, 0.15) is 0 Å². The van der Waals surface area contributed by atoms with Crippen LogP contribution < -0.4 is 5.32 Å². The highest BCUT2D eigenvalue weighted by atomic mass is 35.5. The molecule has 0 bridgehead atoms. The Morgan fingerprint density at radius 1 is 0.960 bits per heavy atom. The van der Waals surface area contributed by atoms with Crippen molar-refractivity contribution in [3.05, 3.63) is 0 Å². The Morgan fingerprint density at radius 2 is 1.60 bits per heavy atom. The number of ether oxygens (including phenoxy) is 1. The summed E-state index contributed by atoms with van der Waals surface area (Å²) in [5, 5.41) is 3.30. The first-order valence-electron chi connectivity index (χ1n) is 8.81. The number of hydrogen-bond acceptors (Lipinski definition) is 5. The minimum atomic E-state index is 0. The van der Waals surface area contributed by atoms with Gasteiger partial charge in [-0.05, 0) is 19.4 Å². The van der Waals surface area contributed by atoms with Crippen molar-refractivity contribution in [2.75, 3.05) is 72.1 Å². The van der Waals surface area contributed by atoms with Crippen molar-refractivity contribution in [2.45, 2.75) is 12.8 Å². The number of hydrogen-bond donors (Lipinski definition) is 1. The third kappa shape index (κ3) is 6.25. The molecule has 9 heteroatoms. The molecular weight excluding hydrogens is 367 g/mol. The molecule has 25 heavy (non-hydrogen) atoms. The van der Waals surface area contributed by atoms with Crippen molar-refractivity contribution in [3.8, 4) is 0 Å². The van der Waals surface area contributed by atoms with Gasteiger partial charge in [0.25, 0.3) is 0 Å². The molecule has 3 saturated heterocycles. The lowest BCUT2D eigenvalue weighted by Crippen LogP contribution is -2.55. The van der Waals surface area contributed by atoms with E-state index in [1.54, 1.807) is 0 Å². The molecule has 146 valence electrons. The van der Waals surface area contributed by atoms with Crippen LogP contribution in [-0.4, -0.2) is 98.6 Å². The molecule has 0 radical (unpaired) electrons. The molecule has 0 spiro atoms. The van der Waals surface area contributed by atoms with Crippen LogP contribution in [0.4, 0.5) is 0 Å². The molecule has 3 aliphatic rings. The molecule has 7 nitrogen and oxygen atoms in total. The normalized spacial score (nSPS) is 24.9. The highest BCUT2D eigenvalue weighted by Gasteiger charge is 2.30. The lowest BCUT2D eigenvalue weighted by molar-refractivity contribution is -0.143. The summed E-state index contributed by atoms with van der Waals surface area (Å²) in [6.45, 7) is 8.05. The third-order valence-electron chi connectivity index (χ3n) is 5.05. The predicted octanol–water partition coefficient (Wildman–Crippen LogP) is -0.167. The van der Waals surface area contributed by atoms with Gasteiger partial charge in [0.05, 0.1) is 25.7 Å². The number of piperazine rings is 1. The van der Waals surface area contributed by atoms with Gasteiger partial charge in [-0.25, -0.2) is 0 Å². The lowest BCUT2D eigenvalue weighted by Gasteiger charge is -2.38. The van der Waals surface area contributed by atoms with Gasteiger partial charge in [0, 0.05) is 45.8 Å². The third-order valence-corrected chi connectivity index (χ3v) is 5.05. The van der Waals surface area contributed by atoms with E-state index in [0.717, 1.165) is 39.0 Å². The van der Waals surface area contributed by atoms with E-state index in [1.165, 1.54) is 0 Å². The summed E-state index contributed by atoms with van der Waals surface area (Å²) in [6, 6.07) is 0. The average molecular weight is 397 g/mol. The van der Waals surface area contributed by atoms with E-state index in [9.17, 15) is 9.59 Å². The summed E-state index contributed by atoms with van der Waals surface area (Å²) in [5.41, 5.74) is 0. The average Bonchev–Trinajstić information content (AvgIpc) is 2.63. The highest BCUT2D eigenvalue weighted by molar-refractivity contribution is 5.85. The zero-order valence-electron chi connectivity index (χ0n) is 14.7. The first-order valence-corrected chi connectivity index (χ1v) is 8.81. The van der Waals surface area contributed by atoms with Crippen LogP contribution >= 0.6 is 24.8 Å². The maximum absolute atomic E-state index is 12.5. The van der Waals surface area contributed by atoms with E-state index >= 15 is 0 Å².